The van der Waals surface area contributed by atoms with E-state index in [-0.39, 0.29) is 29.9 Å². The molecule has 0 aromatic carbocycles. The number of ketones is 1. The molecule has 0 radical (unpaired) electrons. The van der Waals surface area contributed by atoms with Crippen molar-refractivity contribution >= 4 is 11.5 Å². The van der Waals surface area contributed by atoms with Crippen LogP contribution in [0.3, 0.4) is 0 Å². The van der Waals surface area contributed by atoms with Crippen LogP contribution in [-0.2, 0) is 16.1 Å². The zero-order valence-electron chi connectivity index (χ0n) is 12.2. The second kappa shape index (κ2) is 6.17. The molecule has 1 atom stereocenters. The summed E-state index contributed by atoms with van der Waals surface area (Å²) < 4.78 is 6.52. The molecule has 6 heteroatoms. The molecule has 2 heterocycles. The highest BCUT2D eigenvalue weighted by Crippen LogP contribution is 2.19. The summed E-state index contributed by atoms with van der Waals surface area (Å²) in [5.74, 6) is -0.0858. The molecule has 1 saturated heterocycles. The third-order valence-corrected chi connectivity index (χ3v) is 3.65. The molecule has 1 fully saturated rings. The molecule has 2 rings (SSSR count). The molecule has 0 aliphatic carbocycles. The Balaban J connectivity index is 2.10. The highest BCUT2D eigenvalue weighted by Gasteiger charge is 2.23. The van der Waals surface area contributed by atoms with Crippen molar-refractivity contribution in [3.63, 3.8) is 0 Å². The van der Waals surface area contributed by atoms with Crippen molar-refractivity contribution < 1.29 is 9.53 Å². The molecule has 0 bridgehead atoms. The van der Waals surface area contributed by atoms with Gasteiger partial charge in [0.05, 0.1) is 18.0 Å². The summed E-state index contributed by atoms with van der Waals surface area (Å²) in [6.45, 7) is 5.30. The largest absolute Gasteiger partial charge is 0.380 e. The lowest BCUT2D eigenvalue weighted by Gasteiger charge is -2.18. The van der Waals surface area contributed by atoms with Crippen molar-refractivity contribution in [2.24, 2.45) is 5.92 Å². The average molecular weight is 279 g/mol. The smallest absolute Gasteiger partial charge is 0.269 e. The van der Waals surface area contributed by atoms with Gasteiger partial charge in [0.25, 0.3) is 5.56 Å². The first-order valence-corrected chi connectivity index (χ1v) is 6.89. The molecule has 110 valence electrons. The van der Waals surface area contributed by atoms with Crippen LogP contribution in [0, 0.1) is 5.92 Å². The Labute approximate surface area is 118 Å². The summed E-state index contributed by atoms with van der Waals surface area (Å²) in [7, 11) is 1.70. The maximum absolute atomic E-state index is 12.0. The van der Waals surface area contributed by atoms with Crippen LogP contribution in [0.5, 0.6) is 0 Å². The first-order valence-electron chi connectivity index (χ1n) is 6.89. The summed E-state index contributed by atoms with van der Waals surface area (Å²) in [5, 5.41) is 4.10. The van der Waals surface area contributed by atoms with Gasteiger partial charge in [0.15, 0.2) is 5.78 Å². The van der Waals surface area contributed by atoms with Crippen LogP contribution in [0.2, 0.25) is 0 Å². The number of hydrogen-bond donors (Lipinski definition) is 0. The van der Waals surface area contributed by atoms with Crippen LogP contribution in [0.15, 0.2) is 17.1 Å². The third kappa shape index (κ3) is 3.25. The molecule has 1 aromatic rings. The molecule has 6 nitrogen and oxygen atoms in total. The third-order valence-electron chi connectivity index (χ3n) is 3.65. The minimum absolute atomic E-state index is 0.00738. The monoisotopic (exact) mass is 279 g/mol. The van der Waals surface area contributed by atoms with Gasteiger partial charge in [-0.1, -0.05) is 13.8 Å². The molecule has 1 aliphatic rings. The molecule has 1 unspecified atom stereocenters. The Hall–Kier alpha value is -1.69. The number of nitrogens with zero attached hydrogens (tertiary/aromatic N) is 3. The zero-order valence-corrected chi connectivity index (χ0v) is 12.2. The van der Waals surface area contributed by atoms with Gasteiger partial charge in [0, 0.05) is 32.2 Å². The SMILES string of the molecule is COC1CCN(c2cnn(CC(=O)C(C)C)c(=O)c2)C1. The van der Waals surface area contributed by atoms with E-state index in [0.717, 1.165) is 25.2 Å². The van der Waals surface area contributed by atoms with E-state index < -0.39 is 0 Å². The molecule has 1 aliphatic heterocycles. The number of carbonyl (C=O) groups is 1. The van der Waals surface area contributed by atoms with E-state index in [1.54, 1.807) is 19.4 Å². The van der Waals surface area contributed by atoms with Gasteiger partial charge in [-0.25, -0.2) is 4.68 Å². The van der Waals surface area contributed by atoms with Crippen molar-refractivity contribution in [3.8, 4) is 0 Å². The molecule has 0 N–H and O–H groups in total. The fraction of sp³-hybridized carbons (Fsp3) is 0.643. The summed E-state index contributed by atoms with van der Waals surface area (Å²) >= 11 is 0. The molecule has 0 amide bonds. The van der Waals surface area contributed by atoms with Gasteiger partial charge in [-0.2, -0.15) is 5.10 Å². The Morgan fingerprint density at radius 2 is 2.30 bits per heavy atom. The fourth-order valence-electron chi connectivity index (χ4n) is 2.20. The maximum Gasteiger partial charge on any atom is 0.269 e. The van der Waals surface area contributed by atoms with Crippen LogP contribution in [0.1, 0.15) is 20.3 Å². The molecule has 20 heavy (non-hydrogen) atoms. The second-order valence-electron chi connectivity index (χ2n) is 5.42. The zero-order chi connectivity index (χ0) is 14.7. The predicted octanol–water partition coefficient (Wildman–Crippen LogP) is 0.693. The minimum Gasteiger partial charge on any atom is -0.380 e. The number of carbonyl (C=O) groups excluding carboxylic acids is 1. The van der Waals surface area contributed by atoms with E-state index >= 15 is 0 Å². The van der Waals surface area contributed by atoms with Crippen LogP contribution >= 0.6 is 0 Å². The Morgan fingerprint density at radius 1 is 1.55 bits per heavy atom. The maximum atomic E-state index is 12.0. The van der Waals surface area contributed by atoms with Crippen LogP contribution in [0.25, 0.3) is 0 Å². The summed E-state index contributed by atoms with van der Waals surface area (Å²) in [6.07, 6.45) is 2.80. The lowest BCUT2D eigenvalue weighted by atomic mass is 10.1. The highest BCUT2D eigenvalue weighted by molar-refractivity contribution is 5.79. The number of Topliss-reactive ketones (excluding diaryl/α,β-unsaturated/α-hetero) is 1. The first kappa shape index (κ1) is 14.7. The molecular weight excluding hydrogens is 258 g/mol. The second-order valence-corrected chi connectivity index (χ2v) is 5.42. The van der Waals surface area contributed by atoms with Crippen molar-refractivity contribution in [3.05, 3.63) is 22.6 Å². The number of aromatic nitrogens is 2. The van der Waals surface area contributed by atoms with E-state index in [1.165, 1.54) is 4.68 Å². The highest BCUT2D eigenvalue weighted by atomic mass is 16.5. The average Bonchev–Trinajstić information content (AvgIpc) is 2.89. The lowest BCUT2D eigenvalue weighted by Crippen LogP contribution is -2.30. The number of ether oxygens (including phenoxy) is 1. The van der Waals surface area contributed by atoms with E-state index in [0.29, 0.717) is 0 Å². The number of rotatable bonds is 5. The Bertz CT molecular complexity index is 539. The molecule has 1 aromatic heterocycles. The topological polar surface area (TPSA) is 64.4 Å². The van der Waals surface area contributed by atoms with Crippen LogP contribution in [0.4, 0.5) is 5.69 Å². The molecule has 0 saturated carbocycles. The Kier molecular flexibility index (Phi) is 4.54. The van der Waals surface area contributed by atoms with Crippen molar-refractivity contribution in [2.45, 2.75) is 32.9 Å². The van der Waals surface area contributed by atoms with Crippen molar-refractivity contribution in [1.82, 2.24) is 9.78 Å². The Morgan fingerprint density at radius 3 is 2.85 bits per heavy atom. The summed E-state index contributed by atoms with van der Waals surface area (Å²) in [4.78, 5) is 25.7. The van der Waals surface area contributed by atoms with Crippen molar-refractivity contribution in [2.75, 3.05) is 25.1 Å². The van der Waals surface area contributed by atoms with Crippen molar-refractivity contribution in [1.29, 1.82) is 0 Å². The molecule has 0 spiro atoms. The van der Waals surface area contributed by atoms with Gasteiger partial charge in [-0.3, -0.25) is 9.59 Å². The number of anilines is 1. The summed E-state index contributed by atoms with van der Waals surface area (Å²) in [6, 6.07) is 1.54. The normalized spacial score (nSPS) is 18.8. The van der Waals surface area contributed by atoms with Gasteiger partial charge in [-0.15, -0.1) is 0 Å². The fourth-order valence-corrected chi connectivity index (χ4v) is 2.20. The van der Waals surface area contributed by atoms with Gasteiger partial charge < -0.3 is 9.64 Å². The van der Waals surface area contributed by atoms with E-state index in [9.17, 15) is 9.59 Å². The van der Waals surface area contributed by atoms with Crippen LogP contribution < -0.4 is 10.5 Å². The standard InChI is InChI=1S/C14H21N3O3/c1-10(2)13(18)9-17-14(19)6-11(7-15-17)16-5-4-12(8-16)20-3/h6-7,10,12H,4-5,8-9H2,1-3H3. The van der Waals surface area contributed by atoms with Gasteiger partial charge in [0.2, 0.25) is 0 Å². The minimum atomic E-state index is -0.239. The lowest BCUT2D eigenvalue weighted by molar-refractivity contribution is -0.122. The van der Waals surface area contributed by atoms with Crippen LogP contribution in [-0.4, -0.2) is 41.9 Å². The molecular formula is C14H21N3O3. The van der Waals surface area contributed by atoms with Gasteiger partial charge in [-0.05, 0) is 6.42 Å². The predicted molar refractivity (Wildman–Crippen MR) is 76.0 cm³/mol. The summed E-state index contributed by atoms with van der Waals surface area (Å²) in [5.41, 5.74) is 0.556. The first-order chi connectivity index (χ1) is 9.51. The van der Waals surface area contributed by atoms with E-state index in [2.05, 4.69) is 10.00 Å². The van der Waals surface area contributed by atoms with E-state index in [4.69, 9.17) is 4.74 Å². The van der Waals surface area contributed by atoms with Gasteiger partial charge >= 0.3 is 0 Å². The number of methoxy groups -OCH3 is 1. The number of hydrogen-bond acceptors (Lipinski definition) is 5. The van der Waals surface area contributed by atoms with Gasteiger partial charge in [0.1, 0.15) is 6.54 Å². The van der Waals surface area contributed by atoms with E-state index in [1.807, 2.05) is 13.8 Å². The quantitative estimate of drug-likeness (QED) is 0.793.